The van der Waals surface area contributed by atoms with Gasteiger partial charge in [-0.25, -0.2) is 13.1 Å². The summed E-state index contributed by atoms with van der Waals surface area (Å²) in [7, 11) is -3.48. The summed E-state index contributed by atoms with van der Waals surface area (Å²) in [6, 6.07) is 16.9. The number of amides is 1. The van der Waals surface area contributed by atoms with Crippen molar-refractivity contribution in [2.24, 2.45) is 0 Å². The van der Waals surface area contributed by atoms with Gasteiger partial charge in [0.05, 0.1) is 4.90 Å². The van der Waals surface area contributed by atoms with E-state index in [-0.39, 0.29) is 22.9 Å². The highest BCUT2D eigenvalue weighted by Crippen LogP contribution is 2.12. The zero-order chi connectivity index (χ0) is 20.6. The standard InChI is InChI=1S/C22H30N2O3S/c1-17(2)24-28(26,27)21-14-11-20(12-15-21)13-16-22(25)23-18(3)9-10-19-7-5-4-6-8-19/h4-8,11-12,14-15,17-18,24H,9-10,13,16H2,1-3H3,(H,23,25)/t18-/m1/s1. The molecule has 0 aliphatic carbocycles. The number of rotatable bonds is 10. The van der Waals surface area contributed by atoms with Crippen LogP contribution in [0.1, 0.15) is 44.7 Å². The molecule has 0 spiro atoms. The van der Waals surface area contributed by atoms with Gasteiger partial charge in [0.25, 0.3) is 0 Å². The Balaban J connectivity index is 1.77. The van der Waals surface area contributed by atoms with Crippen LogP contribution in [0.2, 0.25) is 0 Å². The second-order valence-electron chi connectivity index (χ2n) is 7.41. The van der Waals surface area contributed by atoms with Crippen molar-refractivity contribution in [3.05, 3.63) is 65.7 Å². The summed E-state index contributed by atoms with van der Waals surface area (Å²) in [4.78, 5) is 12.4. The van der Waals surface area contributed by atoms with Crippen molar-refractivity contribution in [2.75, 3.05) is 0 Å². The first kappa shape index (κ1) is 22.1. The number of nitrogens with one attached hydrogen (secondary N) is 2. The Morgan fingerprint density at radius 2 is 1.50 bits per heavy atom. The van der Waals surface area contributed by atoms with Crippen LogP contribution in [0.3, 0.4) is 0 Å². The minimum atomic E-state index is -3.48. The first-order chi connectivity index (χ1) is 13.3. The molecule has 0 unspecified atom stereocenters. The summed E-state index contributed by atoms with van der Waals surface area (Å²) in [5.74, 6) is 0.0127. The first-order valence-corrected chi connectivity index (χ1v) is 11.2. The highest BCUT2D eigenvalue weighted by atomic mass is 32.2. The summed E-state index contributed by atoms with van der Waals surface area (Å²) in [5, 5.41) is 3.03. The van der Waals surface area contributed by atoms with Crippen molar-refractivity contribution in [3.8, 4) is 0 Å². The second kappa shape index (κ2) is 10.4. The van der Waals surface area contributed by atoms with Crippen LogP contribution in [0.15, 0.2) is 59.5 Å². The molecule has 0 saturated heterocycles. The molecule has 0 fully saturated rings. The van der Waals surface area contributed by atoms with Crippen molar-refractivity contribution in [3.63, 3.8) is 0 Å². The summed E-state index contributed by atoms with van der Waals surface area (Å²) in [5.41, 5.74) is 2.21. The molecular formula is C22H30N2O3S. The van der Waals surface area contributed by atoms with Gasteiger partial charge in [-0.05, 0) is 63.3 Å². The van der Waals surface area contributed by atoms with E-state index in [2.05, 4.69) is 22.2 Å². The number of carbonyl (C=O) groups is 1. The van der Waals surface area contributed by atoms with E-state index in [0.717, 1.165) is 18.4 Å². The first-order valence-electron chi connectivity index (χ1n) is 9.71. The average Bonchev–Trinajstić information content (AvgIpc) is 2.65. The Kier molecular flexibility index (Phi) is 8.20. The fourth-order valence-electron chi connectivity index (χ4n) is 2.92. The lowest BCUT2D eigenvalue weighted by molar-refractivity contribution is -0.121. The third-order valence-electron chi connectivity index (χ3n) is 4.38. The molecule has 152 valence electrons. The van der Waals surface area contributed by atoms with Crippen molar-refractivity contribution >= 4 is 15.9 Å². The molecule has 0 saturated carbocycles. The third-order valence-corrected chi connectivity index (χ3v) is 6.06. The van der Waals surface area contributed by atoms with Crippen LogP contribution in [0.4, 0.5) is 0 Å². The van der Waals surface area contributed by atoms with Crippen LogP contribution in [0.25, 0.3) is 0 Å². The largest absolute Gasteiger partial charge is 0.354 e. The van der Waals surface area contributed by atoms with Gasteiger partial charge in [0, 0.05) is 18.5 Å². The van der Waals surface area contributed by atoms with Crippen LogP contribution < -0.4 is 10.0 Å². The monoisotopic (exact) mass is 402 g/mol. The van der Waals surface area contributed by atoms with E-state index in [1.54, 1.807) is 38.1 Å². The predicted octanol–water partition coefficient (Wildman–Crippen LogP) is 3.44. The van der Waals surface area contributed by atoms with E-state index in [4.69, 9.17) is 0 Å². The molecule has 1 amide bonds. The minimum Gasteiger partial charge on any atom is -0.354 e. The highest BCUT2D eigenvalue weighted by Gasteiger charge is 2.15. The SMILES string of the molecule is CC(C)NS(=O)(=O)c1ccc(CCC(=O)N[C@H](C)CCc2ccccc2)cc1. The Hall–Kier alpha value is -2.18. The Bertz CT molecular complexity index is 847. The number of hydrogen-bond donors (Lipinski definition) is 2. The van der Waals surface area contributed by atoms with Crippen LogP contribution in [-0.4, -0.2) is 26.4 Å². The van der Waals surface area contributed by atoms with Gasteiger partial charge in [0.15, 0.2) is 0 Å². The van der Waals surface area contributed by atoms with Gasteiger partial charge < -0.3 is 5.32 Å². The zero-order valence-corrected chi connectivity index (χ0v) is 17.6. The van der Waals surface area contributed by atoms with E-state index in [1.165, 1.54) is 5.56 Å². The topological polar surface area (TPSA) is 75.3 Å². The smallest absolute Gasteiger partial charge is 0.240 e. The summed E-state index contributed by atoms with van der Waals surface area (Å²) < 4.78 is 26.8. The molecule has 2 rings (SSSR count). The van der Waals surface area contributed by atoms with Gasteiger partial charge in [0.2, 0.25) is 15.9 Å². The molecule has 0 bridgehead atoms. The minimum absolute atomic E-state index is 0.0127. The third kappa shape index (κ3) is 7.44. The van der Waals surface area contributed by atoms with Gasteiger partial charge in [0.1, 0.15) is 0 Å². The summed E-state index contributed by atoms with van der Waals surface area (Å²) >= 11 is 0. The van der Waals surface area contributed by atoms with E-state index in [9.17, 15) is 13.2 Å². The van der Waals surface area contributed by atoms with Crippen LogP contribution in [-0.2, 0) is 27.7 Å². The van der Waals surface area contributed by atoms with Crippen LogP contribution >= 0.6 is 0 Å². The number of carbonyl (C=O) groups excluding carboxylic acids is 1. The molecule has 2 N–H and O–H groups in total. The molecule has 1 atom stereocenters. The molecule has 0 aromatic heterocycles. The molecule has 2 aromatic carbocycles. The quantitative estimate of drug-likeness (QED) is 0.639. The van der Waals surface area contributed by atoms with Gasteiger partial charge in [-0.3, -0.25) is 4.79 Å². The van der Waals surface area contributed by atoms with Crippen LogP contribution in [0, 0.1) is 0 Å². The number of sulfonamides is 1. The maximum absolute atomic E-state index is 12.2. The predicted molar refractivity (Wildman–Crippen MR) is 113 cm³/mol. The lowest BCUT2D eigenvalue weighted by Gasteiger charge is -2.14. The zero-order valence-electron chi connectivity index (χ0n) is 16.8. The maximum atomic E-state index is 12.2. The Morgan fingerprint density at radius 1 is 0.893 bits per heavy atom. The van der Waals surface area contributed by atoms with Gasteiger partial charge in [-0.2, -0.15) is 0 Å². The van der Waals surface area contributed by atoms with Gasteiger partial charge in [-0.15, -0.1) is 0 Å². The van der Waals surface area contributed by atoms with Crippen molar-refractivity contribution < 1.29 is 13.2 Å². The van der Waals surface area contributed by atoms with Crippen LogP contribution in [0.5, 0.6) is 0 Å². The van der Waals surface area contributed by atoms with Crippen molar-refractivity contribution in [1.29, 1.82) is 0 Å². The summed E-state index contributed by atoms with van der Waals surface area (Å²) in [6.45, 7) is 5.58. The molecule has 0 aliphatic heterocycles. The molecule has 2 aromatic rings. The number of aryl methyl sites for hydroxylation is 2. The Labute approximate surface area is 168 Å². The fraction of sp³-hybridized carbons (Fsp3) is 0.409. The summed E-state index contributed by atoms with van der Waals surface area (Å²) in [6.07, 6.45) is 2.79. The molecule has 5 nitrogen and oxygen atoms in total. The average molecular weight is 403 g/mol. The molecule has 0 aliphatic rings. The normalized spacial score (nSPS) is 12.7. The van der Waals surface area contributed by atoms with Crippen molar-refractivity contribution in [1.82, 2.24) is 10.0 Å². The van der Waals surface area contributed by atoms with E-state index in [1.807, 2.05) is 25.1 Å². The van der Waals surface area contributed by atoms with E-state index < -0.39 is 10.0 Å². The highest BCUT2D eigenvalue weighted by molar-refractivity contribution is 7.89. The van der Waals surface area contributed by atoms with Gasteiger partial charge in [-0.1, -0.05) is 42.5 Å². The van der Waals surface area contributed by atoms with Crippen molar-refractivity contribution in [2.45, 2.75) is 63.4 Å². The Morgan fingerprint density at radius 3 is 2.11 bits per heavy atom. The molecule has 6 heteroatoms. The lowest BCUT2D eigenvalue weighted by Crippen LogP contribution is -2.33. The fourth-order valence-corrected chi connectivity index (χ4v) is 4.17. The van der Waals surface area contributed by atoms with E-state index >= 15 is 0 Å². The number of benzene rings is 2. The molecule has 0 heterocycles. The molecule has 28 heavy (non-hydrogen) atoms. The molecule has 0 radical (unpaired) electrons. The second-order valence-corrected chi connectivity index (χ2v) is 9.13. The van der Waals surface area contributed by atoms with E-state index in [0.29, 0.717) is 12.8 Å². The van der Waals surface area contributed by atoms with Gasteiger partial charge >= 0.3 is 0 Å². The lowest BCUT2D eigenvalue weighted by atomic mass is 10.1. The maximum Gasteiger partial charge on any atom is 0.240 e. The number of hydrogen-bond acceptors (Lipinski definition) is 3. The molecular weight excluding hydrogens is 372 g/mol.